The van der Waals surface area contributed by atoms with Gasteiger partial charge >= 0.3 is 0 Å². The van der Waals surface area contributed by atoms with Gasteiger partial charge in [0.1, 0.15) is 0 Å². The quantitative estimate of drug-likeness (QED) is 0.764. The van der Waals surface area contributed by atoms with Crippen LogP contribution in [0.15, 0.2) is 0 Å². The van der Waals surface area contributed by atoms with Gasteiger partial charge in [-0.3, -0.25) is 9.69 Å². The lowest BCUT2D eigenvalue weighted by Crippen LogP contribution is -2.50. The molecule has 1 amide bonds. The summed E-state index contributed by atoms with van der Waals surface area (Å²) in [4.78, 5) is 17.0. The number of amides is 1. The van der Waals surface area contributed by atoms with E-state index in [1.807, 2.05) is 25.7 Å². The maximum absolute atomic E-state index is 12.3. The molecule has 0 spiro atoms. The summed E-state index contributed by atoms with van der Waals surface area (Å²) in [5.41, 5.74) is 5.68. The SMILES string of the molecule is CCN(CC)C(=O)C(C)N1CCC(C(N)=S)CC1. The molecule has 1 saturated heterocycles. The van der Waals surface area contributed by atoms with E-state index >= 15 is 0 Å². The van der Waals surface area contributed by atoms with Crippen LogP contribution < -0.4 is 5.73 Å². The minimum Gasteiger partial charge on any atom is -0.393 e. The molecule has 18 heavy (non-hydrogen) atoms. The Morgan fingerprint density at radius 3 is 2.28 bits per heavy atom. The zero-order chi connectivity index (χ0) is 13.7. The smallest absolute Gasteiger partial charge is 0.239 e. The average molecular weight is 271 g/mol. The van der Waals surface area contributed by atoms with Crippen LogP contribution in [0.2, 0.25) is 0 Å². The number of carbonyl (C=O) groups excluding carboxylic acids is 1. The second kappa shape index (κ2) is 7.04. The van der Waals surface area contributed by atoms with Crippen molar-refractivity contribution < 1.29 is 4.79 Å². The fourth-order valence-corrected chi connectivity index (χ4v) is 2.76. The molecule has 0 bridgehead atoms. The van der Waals surface area contributed by atoms with E-state index in [2.05, 4.69) is 4.90 Å². The van der Waals surface area contributed by atoms with Gasteiger partial charge < -0.3 is 10.6 Å². The van der Waals surface area contributed by atoms with Crippen molar-refractivity contribution in [1.82, 2.24) is 9.80 Å². The predicted molar refractivity (Wildman–Crippen MR) is 78.5 cm³/mol. The first-order valence-corrected chi connectivity index (χ1v) is 7.24. The second-order valence-electron chi connectivity index (χ2n) is 4.90. The number of thiocarbonyl (C=S) groups is 1. The number of hydrogen-bond acceptors (Lipinski definition) is 3. The Bertz CT molecular complexity index is 297. The monoisotopic (exact) mass is 271 g/mol. The molecule has 0 aromatic carbocycles. The van der Waals surface area contributed by atoms with Gasteiger partial charge in [-0.15, -0.1) is 0 Å². The minimum absolute atomic E-state index is 0.0304. The molecule has 0 saturated carbocycles. The van der Waals surface area contributed by atoms with Crippen LogP contribution in [-0.4, -0.2) is 52.9 Å². The molecule has 1 aliphatic rings. The summed E-state index contributed by atoms with van der Waals surface area (Å²) >= 11 is 5.03. The number of likely N-dealkylation sites (N-methyl/N-ethyl adjacent to an activating group) is 1. The average Bonchev–Trinajstić information content (AvgIpc) is 2.39. The van der Waals surface area contributed by atoms with Crippen molar-refractivity contribution >= 4 is 23.1 Å². The van der Waals surface area contributed by atoms with Gasteiger partial charge in [-0.1, -0.05) is 12.2 Å². The second-order valence-corrected chi connectivity index (χ2v) is 5.37. The molecule has 1 unspecified atom stereocenters. The molecule has 0 aliphatic carbocycles. The van der Waals surface area contributed by atoms with Crippen molar-refractivity contribution in [3.05, 3.63) is 0 Å². The van der Waals surface area contributed by atoms with Crippen molar-refractivity contribution in [2.45, 2.75) is 39.7 Å². The van der Waals surface area contributed by atoms with Crippen molar-refractivity contribution in [3.63, 3.8) is 0 Å². The van der Waals surface area contributed by atoms with Crippen LogP contribution in [0.1, 0.15) is 33.6 Å². The van der Waals surface area contributed by atoms with Crippen molar-refractivity contribution in [2.24, 2.45) is 11.7 Å². The van der Waals surface area contributed by atoms with E-state index in [0.29, 0.717) is 10.9 Å². The highest BCUT2D eigenvalue weighted by molar-refractivity contribution is 7.80. The first-order valence-electron chi connectivity index (χ1n) is 6.83. The van der Waals surface area contributed by atoms with Gasteiger partial charge in [0, 0.05) is 19.0 Å². The number of rotatable bonds is 5. The lowest BCUT2D eigenvalue weighted by molar-refractivity contribution is -0.136. The van der Waals surface area contributed by atoms with E-state index in [0.717, 1.165) is 39.0 Å². The van der Waals surface area contributed by atoms with Crippen LogP contribution in [-0.2, 0) is 4.79 Å². The third-order valence-corrected chi connectivity index (χ3v) is 4.25. The van der Waals surface area contributed by atoms with E-state index in [4.69, 9.17) is 18.0 Å². The maximum atomic E-state index is 12.3. The Hall–Kier alpha value is -0.680. The first-order chi connectivity index (χ1) is 8.51. The molecular formula is C13H25N3OS. The molecule has 1 atom stereocenters. The summed E-state index contributed by atoms with van der Waals surface area (Å²) in [6.07, 6.45) is 1.95. The van der Waals surface area contributed by atoms with Gasteiger partial charge in [0.15, 0.2) is 0 Å². The van der Waals surface area contributed by atoms with Gasteiger partial charge in [-0.05, 0) is 46.7 Å². The Morgan fingerprint density at radius 2 is 1.89 bits per heavy atom. The van der Waals surface area contributed by atoms with E-state index < -0.39 is 0 Å². The highest BCUT2D eigenvalue weighted by Crippen LogP contribution is 2.19. The molecule has 0 aromatic heterocycles. The Balaban J connectivity index is 2.51. The largest absolute Gasteiger partial charge is 0.393 e. The summed E-state index contributed by atoms with van der Waals surface area (Å²) in [5, 5.41) is 0. The molecular weight excluding hydrogens is 246 g/mol. The van der Waals surface area contributed by atoms with Crippen LogP contribution in [0.25, 0.3) is 0 Å². The zero-order valence-electron chi connectivity index (χ0n) is 11.7. The lowest BCUT2D eigenvalue weighted by atomic mass is 9.96. The Morgan fingerprint density at radius 1 is 1.39 bits per heavy atom. The number of hydrogen-bond donors (Lipinski definition) is 1. The third kappa shape index (κ3) is 3.65. The van der Waals surface area contributed by atoms with Crippen LogP contribution in [0.3, 0.4) is 0 Å². The fourth-order valence-electron chi connectivity index (χ4n) is 2.53. The number of nitrogens with zero attached hydrogens (tertiary/aromatic N) is 2. The van der Waals surface area contributed by atoms with E-state index in [9.17, 15) is 4.79 Å². The summed E-state index contributed by atoms with van der Waals surface area (Å²) in [6, 6.07) is -0.0304. The lowest BCUT2D eigenvalue weighted by Gasteiger charge is -2.36. The molecule has 1 rings (SSSR count). The van der Waals surface area contributed by atoms with Crippen LogP contribution in [0.5, 0.6) is 0 Å². The van der Waals surface area contributed by atoms with Gasteiger partial charge in [0.05, 0.1) is 11.0 Å². The highest BCUT2D eigenvalue weighted by Gasteiger charge is 2.29. The summed E-state index contributed by atoms with van der Waals surface area (Å²) in [7, 11) is 0. The van der Waals surface area contributed by atoms with Crippen LogP contribution >= 0.6 is 12.2 Å². The number of carbonyl (C=O) groups is 1. The summed E-state index contributed by atoms with van der Waals surface area (Å²) < 4.78 is 0. The number of piperidine rings is 1. The molecule has 4 nitrogen and oxygen atoms in total. The molecule has 1 heterocycles. The van der Waals surface area contributed by atoms with Gasteiger partial charge in [-0.2, -0.15) is 0 Å². The summed E-state index contributed by atoms with van der Waals surface area (Å²) in [6.45, 7) is 9.43. The van der Waals surface area contributed by atoms with Crippen LogP contribution in [0, 0.1) is 5.92 Å². The molecule has 1 fully saturated rings. The van der Waals surface area contributed by atoms with Gasteiger partial charge in [0.2, 0.25) is 5.91 Å². The van der Waals surface area contributed by atoms with Gasteiger partial charge in [-0.25, -0.2) is 0 Å². The standard InChI is InChI=1S/C13H25N3OS/c1-4-15(5-2)13(17)10(3)16-8-6-11(7-9-16)12(14)18/h10-11H,4-9H2,1-3H3,(H2,14,18). The van der Waals surface area contributed by atoms with E-state index in [1.165, 1.54) is 0 Å². The van der Waals surface area contributed by atoms with Gasteiger partial charge in [0.25, 0.3) is 0 Å². The first kappa shape index (κ1) is 15.4. The van der Waals surface area contributed by atoms with Crippen LogP contribution in [0.4, 0.5) is 0 Å². The predicted octanol–water partition coefficient (Wildman–Crippen LogP) is 1.24. The molecule has 1 aliphatic heterocycles. The normalized spacial score (nSPS) is 19.5. The molecule has 0 radical (unpaired) electrons. The number of likely N-dealkylation sites (tertiary alicyclic amines) is 1. The minimum atomic E-state index is -0.0304. The fraction of sp³-hybridized carbons (Fsp3) is 0.846. The molecule has 5 heteroatoms. The van der Waals surface area contributed by atoms with Crippen molar-refractivity contribution in [3.8, 4) is 0 Å². The zero-order valence-corrected chi connectivity index (χ0v) is 12.5. The maximum Gasteiger partial charge on any atom is 0.239 e. The third-order valence-electron chi connectivity index (χ3n) is 3.91. The highest BCUT2D eigenvalue weighted by atomic mass is 32.1. The molecule has 104 valence electrons. The van der Waals surface area contributed by atoms with E-state index in [1.54, 1.807) is 0 Å². The van der Waals surface area contributed by atoms with E-state index in [-0.39, 0.29) is 11.9 Å². The summed E-state index contributed by atoms with van der Waals surface area (Å²) in [5.74, 6) is 0.584. The topological polar surface area (TPSA) is 49.6 Å². The number of nitrogens with two attached hydrogens (primary N) is 1. The Kier molecular flexibility index (Phi) is 6.02. The molecule has 0 aromatic rings. The molecule has 2 N–H and O–H groups in total. The van der Waals surface area contributed by atoms with Crippen molar-refractivity contribution in [2.75, 3.05) is 26.2 Å². The Labute approximate surface area is 115 Å². The van der Waals surface area contributed by atoms with Crippen molar-refractivity contribution in [1.29, 1.82) is 0 Å².